The third kappa shape index (κ3) is 3.54. The van der Waals surface area contributed by atoms with E-state index in [4.69, 9.17) is 11.0 Å². The van der Waals surface area contributed by atoms with Gasteiger partial charge in [0.1, 0.15) is 11.9 Å². The second-order valence-corrected chi connectivity index (χ2v) is 4.43. The van der Waals surface area contributed by atoms with Crippen LogP contribution < -0.4 is 11.1 Å². The van der Waals surface area contributed by atoms with Crippen LogP contribution in [0.5, 0.6) is 0 Å². The van der Waals surface area contributed by atoms with Crippen LogP contribution in [0.2, 0.25) is 0 Å². The number of amides is 1. The lowest BCUT2D eigenvalue weighted by molar-refractivity contribution is -0.121. The normalized spacial score (nSPS) is 12.2. The van der Waals surface area contributed by atoms with Gasteiger partial charge in [-0.25, -0.2) is 4.39 Å². The van der Waals surface area contributed by atoms with Gasteiger partial charge in [-0.3, -0.25) is 4.79 Å². The van der Waals surface area contributed by atoms with Gasteiger partial charge < -0.3 is 11.1 Å². The molecule has 1 aromatic carbocycles. The Balaban J connectivity index is 2.74. The van der Waals surface area contributed by atoms with Crippen molar-refractivity contribution in [2.75, 3.05) is 0 Å². The van der Waals surface area contributed by atoms with Crippen LogP contribution >= 0.6 is 0 Å². The summed E-state index contributed by atoms with van der Waals surface area (Å²) < 4.78 is 13.1. The molecule has 0 heterocycles. The molecule has 0 spiro atoms. The molecule has 0 saturated carbocycles. The van der Waals surface area contributed by atoms with Crippen molar-refractivity contribution in [3.05, 3.63) is 35.1 Å². The lowest BCUT2D eigenvalue weighted by atomic mass is 10.0. The topological polar surface area (TPSA) is 78.9 Å². The van der Waals surface area contributed by atoms with Crippen molar-refractivity contribution < 1.29 is 9.18 Å². The van der Waals surface area contributed by atoms with Crippen LogP contribution in [0.25, 0.3) is 0 Å². The van der Waals surface area contributed by atoms with Gasteiger partial charge in [-0.15, -0.1) is 0 Å². The Morgan fingerprint density at radius 1 is 1.56 bits per heavy atom. The third-order valence-corrected chi connectivity index (χ3v) is 2.65. The molecule has 0 fully saturated rings. The van der Waals surface area contributed by atoms with E-state index in [1.807, 2.05) is 13.8 Å². The van der Waals surface area contributed by atoms with Crippen molar-refractivity contribution in [1.29, 1.82) is 5.26 Å². The minimum atomic E-state index is -0.545. The highest BCUT2D eigenvalue weighted by Crippen LogP contribution is 2.10. The van der Waals surface area contributed by atoms with Crippen LogP contribution in [0.3, 0.4) is 0 Å². The highest BCUT2D eigenvalue weighted by Gasteiger charge is 2.18. The van der Waals surface area contributed by atoms with E-state index >= 15 is 0 Å². The number of halogens is 1. The standard InChI is InChI=1S/C13H16FN3O/c1-8(2)12(13(16)18)17-7-9-3-4-11(14)10(5-9)6-15/h3-5,8,12,17H,7H2,1-2H3,(H2,16,18). The van der Waals surface area contributed by atoms with Gasteiger partial charge in [-0.05, 0) is 23.6 Å². The Morgan fingerprint density at radius 3 is 2.72 bits per heavy atom. The number of carbonyl (C=O) groups is 1. The van der Waals surface area contributed by atoms with Gasteiger partial charge in [0.25, 0.3) is 0 Å². The Labute approximate surface area is 106 Å². The number of nitrogens with one attached hydrogen (secondary N) is 1. The maximum absolute atomic E-state index is 13.1. The molecule has 4 nitrogen and oxygen atoms in total. The summed E-state index contributed by atoms with van der Waals surface area (Å²) >= 11 is 0. The summed E-state index contributed by atoms with van der Waals surface area (Å²) in [5.41, 5.74) is 6.00. The highest BCUT2D eigenvalue weighted by molar-refractivity contribution is 5.80. The SMILES string of the molecule is CC(C)C(NCc1ccc(F)c(C#N)c1)C(N)=O. The molecule has 1 amide bonds. The Bertz CT molecular complexity index is 480. The van der Waals surface area contributed by atoms with E-state index in [-0.39, 0.29) is 11.5 Å². The highest BCUT2D eigenvalue weighted by atomic mass is 19.1. The summed E-state index contributed by atoms with van der Waals surface area (Å²) in [7, 11) is 0. The van der Waals surface area contributed by atoms with Crippen LogP contribution in [0.1, 0.15) is 25.0 Å². The first kappa shape index (κ1) is 14.1. The first-order chi connectivity index (χ1) is 8.45. The second-order valence-electron chi connectivity index (χ2n) is 4.43. The van der Waals surface area contributed by atoms with Gasteiger partial charge in [0.15, 0.2) is 0 Å². The summed E-state index contributed by atoms with van der Waals surface area (Å²) in [5.74, 6) is -0.900. The average Bonchev–Trinajstić information content (AvgIpc) is 2.30. The van der Waals surface area contributed by atoms with Gasteiger partial charge in [0, 0.05) is 6.54 Å². The summed E-state index contributed by atoms with van der Waals surface area (Å²) in [6.07, 6.45) is 0. The molecular weight excluding hydrogens is 233 g/mol. The van der Waals surface area contributed by atoms with E-state index in [1.165, 1.54) is 12.1 Å². The average molecular weight is 249 g/mol. The molecule has 0 aliphatic carbocycles. The minimum Gasteiger partial charge on any atom is -0.368 e. The molecule has 1 rings (SSSR count). The van der Waals surface area contributed by atoms with Crippen LogP contribution in [-0.2, 0) is 11.3 Å². The quantitative estimate of drug-likeness (QED) is 0.825. The zero-order valence-corrected chi connectivity index (χ0v) is 10.4. The van der Waals surface area contributed by atoms with E-state index in [9.17, 15) is 9.18 Å². The second kappa shape index (κ2) is 6.12. The largest absolute Gasteiger partial charge is 0.368 e. The maximum Gasteiger partial charge on any atom is 0.234 e. The monoisotopic (exact) mass is 249 g/mol. The smallest absolute Gasteiger partial charge is 0.234 e. The van der Waals surface area contributed by atoms with Gasteiger partial charge in [0.2, 0.25) is 5.91 Å². The molecule has 1 aromatic rings. The number of nitrogens with zero attached hydrogens (tertiary/aromatic N) is 1. The number of nitriles is 1. The number of primary amides is 1. The number of carbonyl (C=O) groups excluding carboxylic acids is 1. The Morgan fingerprint density at radius 2 is 2.22 bits per heavy atom. The summed E-state index contributed by atoms with van der Waals surface area (Å²) in [6.45, 7) is 4.13. The molecular formula is C13H16FN3O. The molecule has 0 radical (unpaired) electrons. The fourth-order valence-electron chi connectivity index (χ4n) is 1.66. The molecule has 0 saturated heterocycles. The van der Waals surface area contributed by atoms with Crippen LogP contribution in [0.15, 0.2) is 18.2 Å². The first-order valence-corrected chi connectivity index (χ1v) is 5.67. The van der Waals surface area contributed by atoms with E-state index in [1.54, 1.807) is 12.1 Å². The molecule has 0 aromatic heterocycles. The number of hydrogen-bond acceptors (Lipinski definition) is 3. The number of rotatable bonds is 5. The summed E-state index contributed by atoms with van der Waals surface area (Å²) in [4.78, 5) is 11.2. The van der Waals surface area contributed by atoms with Gasteiger partial charge in [-0.2, -0.15) is 5.26 Å². The van der Waals surface area contributed by atoms with Crippen LogP contribution in [0, 0.1) is 23.1 Å². The lowest BCUT2D eigenvalue weighted by Gasteiger charge is -2.19. The van der Waals surface area contributed by atoms with E-state index in [2.05, 4.69) is 5.32 Å². The van der Waals surface area contributed by atoms with Crippen molar-refractivity contribution in [2.45, 2.75) is 26.4 Å². The van der Waals surface area contributed by atoms with Crippen LogP contribution in [0.4, 0.5) is 4.39 Å². The van der Waals surface area contributed by atoms with Crippen molar-refractivity contribution in [3.63, 3.8) is 0 Å². The Hall–Kier alpha value is -1.93. The number of nitrogens with two attached hydrogens (primary N) is 1. The molecule has 0 bridgehead atoms. The maximum atomic E-state index is 13.1. The fraction of sp³-hybridized carbons (Fsp3) is 0.385. The third-order valence-electron chi connectivity index (χ3n) is 2.65. The van der Waals surface area contributed by atoms with E-state index in [0.717, 1.165) is 5.56 Å². The summed E-state index contributed by atoms with van der Waals surface area (Å²) in [6, 6.07) is 5.60. The molecule has 96 valence electrons. The lowest BCUT2D eigenvalue weighted by Crippen LogP contribution is -2.44. The molecule has 5 heteroatoms. The van der Waals surface area contributed by atoms with E-state index in [0.29, 0.717) is 6.54 Å². The zero-order chi connectivity index (χ0) is 13.7. The number of benzene rings is 1. The number of hydrogen-bond donors (Lipinski definition) is 2. The predicted molar refractivity (Wildman–Crippen MR) is 65.8 cm³/mol. The summed E-state index contributed by atoms with van der Waals surface area (Å²) in [5, 5.41) is 11.7. The molecule has 18 heavy (non-hydrogen) atoms. The van der Waals surface area contributed by atoms with Crippen LogP contribution in [-0.4, -0.2) is 11.9 Å². The Kier molecular flexibility index (Phi) is 4.81. The van der Waals surface area contributed by atoms with Gasteiger partial charge in [0.05, 0.1) is 11.6 Å². The van der Waals surface area contributed by atoms with Gasteiger partial charge >= 0.3 is 0 Å². The van der Waals surface area contributed by atoms with Crippen molar-refractivity contribution in [3.8, 4) is 6.07 Å². The molecule has 3 N–H and O–H groups in total. The molecule has 1 unspecified atom stereocenters. The predicted octanol–water partition coefficient (Wildman–Crippen LogP) is 1.30. The molecule has 0 aliphatic rings. The molecule has 1 atom stereocenters. The molecule has 0 aliphatic heterocycles. The first-order valence-electron chi connectivity index (χ1n) is 5.67. The van der Waals surface area contributed by atoms with Crippen molar-refractivity contribution in [1.82, 2.24) is 5.32 Å². The minimum absolute atomic E-state index is 0.00512. The fourth-order valence-corrected chi connectivity index (χ4v) is 1.66. The van der Waals surface area contributed by atoms with Gasteiger partial charge in [-0.1, -0.05) is 19.9 Å². The van der Waals surface area contributed by atoms with Crippen molar-refractivity contribution >= 4 is 5.91 Å². The zero-order valence-electron chi connectivity index (χ0n) is 10.4. The van der Waals surface area contributed by atoms with E-state index < -0.39 is 17.8 Å². The van der Waals surface area contributed by atoms with Crippen molar-refractivity contribution in [2.24, 2.45) is 11.7 Å².